The number of hydrogen-bond acceptors (Lipinski definition) is 6. The lowest BCUT2D eigenvalue weighted by atomic mass is 10.0. The van der Waals surface area contributed by atoms with E-state index in [1.54, 1.807) is 11.8 Å². The van der Waals surface area contributed by atoms with E-state index in [0.29, 0.717) is 22.6 Å². The Morgan fingerprint density at radius 2 is 1.86 bits per heavy atom. The second kappa shape index (κ2) is 8.82. The van der Waals surface area contributed by atoms with Crippen molar-refractivity contribution in [2.24, 2.45) is 0 Å². The number of aromatic nitrogens is 3. The van der Waals surface area contributed by atoms with Gasteiger partial charge in [0.2, 0.25) is 11.0 Å². The first kappa shape index (κ1) is 19.7. The van der Waals surface area contributed by atoms with Gasteiger partial charge in [0.25, 0.3) is 0 Å². The van der Waals surface area contributed by atoms with E-state index in [0.717, 1.165) is 35.4 Å². The number of ether oxygens (including phenoxy) is 1. The Balaban J connectivity index is 1.70. The molecular weight excluding hydrogens is 380 g/mol. The lowest BCUT2D eigenvalue weighted by molar-refractivity contribution is 0.225. The molecule has 29 heavy (non-hydrogen) atoms. The molecule has 0 bridgehead atoms. The summed E-state index contributed by atoms with van der Waals surface area (Å²) in [5.41, 5.74) is 4.95. The highest BCUT2D eigenvalue weighted by atomic mass is 32.2. The van der Waals surface area contributed by atoms with Crippen LogP contribution in [0.25, 0.3) is 11.3 Å². The summed E-state index contributed by atoms with van der Waals surface area (Å²) in [5.74, 6) is 1.99. The van der Waals surface area contributed by atoms with Gasteiger partial charge in [-0.2, -0.15) is 4.98 Å². The van der Waals surface area contributed by atoms with Crippen LogP contribution in [0.5, 0.6) is 5.88 Å². The van der Waals surface area contributed by atoms with Gasteiger partial charge in [-0.1, -0.05) is 81.4 Å². The molecule has 0 aliphatic carbocycles. The first-order valence-corrected chi connectivity index (χ1v) is 11.1. The molecule has 1 aliphatic rings. The first-order valence-electron chi connectivity index (χ1n) is 10.2. The highest BCUT2D eigenvalue weighted by Crippen LogP contribution is 2.39. The molecule has 0 saturated heterocycles. The number of rotatable bonds is 6. The molecule has 4 rings (SSSR count). The van der Waals surface area contributed by atoms with Crippen molar-refractivity contribution in [2.75, 3.05) is 11.1 Å². The molecule has 0 amide bonds. The van der Waals surface area contributed by atoms with Crippen LogP contribution in [0.4, 0.5) is 5.69 Å². The zero-order chi connectivity index (χ0) is 20.2. The van der Waals surface area contributed by atoms with Crippen molar-refractivity contribution in [3.05, 3.63) is 59.7 Å². The summed E-state index contributed by atoms with van der Waals surface area (Å²) in [6.07, 6.45) is 1.93. The highest BCUT2D eigenvalue weighted by molar-refractivity contribution is 7.99. The van der Waals surface area contributed by atoms with Gasteiger partial charge in [0.15, 0.2) is 11.9 Å². The van der Waals surface area contributed by atoms with Crippen molar-refractivity contribution in [2.45, 2.75) is 50.9 Å². The van der Waals surface area contributed by atoms with Crippen molar-refractivity contribution in [3.8, 4) is 17.1 Å². The second-order valence-electron chi connectivity index (χ2n) is 7.46. The van der Waals surface area contributed by atoms with E-state index in [-0.39, 0.29) is 6.23 Å². The van der Waals surface area contributed by atoms with Crippen LogP contribution in [0.15, 0.2) is 53.7 Å². The SMILES string of the molecule is CCCCSc1nnc2c(n1)O[C@@H](c1ccc(C(C)C)cc1)Nc1ccccc1-2. The molecule has 0 fully saturated rings. The first-order chi connectivity index (χ1) is 14.2. The summed E-state index contributed by atoms with van der Waals surface area (Å²) in [6, 6.07) is 16.6. The maximum Gasteiger partial charge on any atom is 0.247 e. The van der Waals surface area contributed by atoms with Crippen LogP contribution >= 0.6 is 11.8 Å². The Morgan fingerprint density at radius 1 is 1.07 bits per heavy atom. The molecular formula is C23H26N4OS. The minimum atomic E-state index is -0.344. The van der Waals surface area contributed by atoms with Crippen molar-refractivity contribution >= 4 is 17.4 Å². The summed E-state index contributed by atoms with van der Waals surface area (Å²) in [4.78, 5) is 4.69. The number of benzene rings is 2. The Morgan fingerprint density at radius 3 is 2.62 bits per heavy atom. The summed E-state index contributed by atoms with van der Waals surface area (Å²) in [7, 11) is 0. The predicted molar refractivity (Wildman–Crippen MR) is 118 cm³/mol. The molecule has 0 radical (unpaired) electrons. The zero-order valence-electron chi connectivity index (χ0n) is 17.1. The van der Waals surface area contributed by atoms with E-state index >= 15 is 0 Å². The number of fused-ring (bicyclic) bond motifs is 3. The van der Waals surface area contributed by atoms with Gasteiger partial charge in [-0.05, 0) is 24.0 Å². The van der Waals surface area contributed by atoms with Gasteiger partial charge in [0.1, 0.15) is 0 Å². The number of hydrogen-bond donors (Lipinski definition) is 1. The highest BCUT2D eigenvalue weighted by Gasteiger charge is 2.26. The van der Waals surface area contributed by atoms with E-state index in [4.69, 9.17) is 9.72 Å². The van der Waals surface area contributed by atoms with Crippen LogP contribution in [0.2, 0.25) is 0 Å². The standard InChI is InChI=1S/C23H26N4OS/c1-4-5-14-29-23-25-22-20(26-27-23)18-8-6-7-9-19(18)24-21(28-22)17-12-10-16(11-13-17)15(2)3/h6-13,15,21,24H,4-5,14H2,1-3H3/t21-/m0/s1. The zero-order valence-corrected chi connectivity index (χ0v) is 17.9. The van der Waals surface area contributed by atoms with Crippen molar-refractivity contribution in [1.82, 2.24) is 15.2 Å². The van der Waals surface area contributed by atoms with Gasteiger partial charge < -0.3 is 10.1 Å². The second-order valence-corrected chi connectivity index (χ2v) is 8.52. The maximum absolute atomic E-state index is 6.33. The maximum atomic E-state index is 6.33. The molecule has 2 heterocycles. The number of nitrogens with zero attached hydrogens (tertiary/aromatic N) is 3. The molecule has 1 aromatic heterocycles. The van der Waals surface area contributed by atoms with E-state index in [1.165, 1.54) is 5.56 Å². The summed E-state index contributed by atoms with van der Waals surface area (Å²) >= 11 is 1.62. The van der Waals surface area contributed by atoms with Crippen LogP contribution in [0, 0.1) is 0 Å². The normalized spacial score (nSPS) is 15.1. The van der Waals surface area contributed by atoms with Gasteiger partial charge >= 0.3 is 0 Å². The summed E-state index contributed by atoms with van der Waals surface area (Å²) in [6.45, 7) is 6.57. The monoisotopic (exact) mass is 406 g/mol. The van der Waals surface area contributed by atoms with Gasteiger partial charge in [0, 0.05) is 22.6 Å². The predicted octanol–water partition coefficient (Wildman–Crippen LogP) is 6.06. The van der Waals surface area contributed by atoms with E-state index in [2.05, 4.69) is 60.6 Å². The lowest BCUT2D eigenvalue weighted by Crippen LogP contribution is -2.17. The molecule has 0 unspecified atom stereocenters. The van der Waals surface area contributed by atoms with Crippen molar-refractivity contribution < 1.29 is 4.74 Å². The van der Waals surface area contributed by atoms with Crippen molar-refractivity contribution in [3.63, 3.8) is 0 Å². The Labute approximate surface area is 176 Å². The van der Waals surface area contributed by atoms with Crippen LogP contribution in [-0.2, 0) is 0 Å². The Bertz CT molecular complexity index is 975. The number of nitrogens with one attached hydrogen (secondary N) is 1. The average Bonchev–Trinajstić information content (AvgIpc) is 2.90. The number of unbranched alkanes of at least 4 members (excludes halogenated alkanes) is 1. The number of thioether (sulfide) groups is 1. The topological polar surface area (TPSA) is 59.9 Å². The van der Waals surface area contributed by atoms with E-state index < -0.39 is 0 Å². The van der Waals surface area contributed by atoms with Gasteiger partial charge in [-0.15, -0.1) is 10.2 Å². The quantitative estimate of drug-likeness (QED) is 0.397. The molecule has 2 aromatic carbocycles. The fourth-order valence-electron chi connectivity index (χ4n) is 3.22. The third kappa shape index (κ3) is 4.37. The summed E-state index contributed by atoms with van der Waals surface area (Å²) in [5, 5.41) is 13.0. The van der Waals surface area contributed by atoms with Crippen LogP contribution in [0.3, 0.4) is 0 Å². The van der Waals surface area contributed by atoms with Crippen LogP contribution in [0.1, 0.15) is 56.9 Å². The van der Waals surface area contributed by atoms with E-state index in [9.17, 15) is 0 Å². The third-order valence-corrected chi connectivity index (χ3v) is 5.89. The Hall–Kier alpha value is -2.60. The third-order valence-electron chi connectivity index (χ3n) is 4.97. The molecule has 1 aliphatic heterocycles. The molecule has 3 aromatic rings. The van der Waals surface area contributed by atoms with Crippen LogP contribution < -0.4 is 10.1 Å². The van der Waals surface area contributed by atoms with E-state index in [1.807, 2.05) is 24.3 Å². The molecule has 0 spiro atoms. The fraction of sp³-hybridized carbons (Fsp3) is 0.348. The number of anilines is 1. The molecule has 5 nitrogen and oxygen atoms in total. The largest absolute Gasteiger partial charge is 0.448 e. The van der Waals surface area contributed by atoms with Crippen LogP contribution in [-0.4, -0.2) is 20.9 Å². The molecule has 1 atom stereocenters. The average molecular weight is 407 g/mol. The fourth-order valence-corrected chi connectivity index (χ4v) is 4.08. The lowest BCUT2D eigenvalue weighted by Gasteiger charge is -2.20. The Kier molecular flexibility index (Phi) is 6.00. The van der Waals surface area contributed by atoms with Gasteiger partial charge in [-0.3, -0.25) is 0 Å². The molecule has 1 N–H and O–H groups in total. The minimum Gasteiger partial charge on any atom is -0.448 e. The number of para-hydroxylation sites is 1. The molecule has 150 valence electrons. The molecule has 0 saturated carbocycles. The van der Waals surface area contributed by atoms with Crippen molar-refractivity contribution in [1.29, 1.82) is 0 Å². The molecule has 6 heteroatoms. The summed E-state index contributed by atoms with van der Waals surface area (Å²) < 4.78 is 6.33. The smallest absolute Gasteiger partial charge is 0.247 e. The van der Waals surface area contributed by atoms with Gasteiger partial charge in [0.05, 0.1) is 0 Å². The van der Waals surface area contributed by atoms with Gasteiger partial charge in [-0.25, -0.2) is 0 Å². The minimum absolute atomic E-state index is 0.344.